The number of aromatic nitrogens is 1. The Morgan fingerprint density at radius 1 is 0.800 bits per heavy atom. The van der Waals surface area contributed by atoms with Crippen molar-refractivity contribution in [2.45, 2.75) is 63.4 Å². The third kappa shape index (κ3) is 6.89. The normalized spacial score (nSPS) is 19.1. The lowest BCUT2D eigenvalue weighted by Crippen LogP contribution is -2.15. The van der Waals surface area contributed by atoms with Gasteiger partial charge in [0.2, 0.25) is 14.7 Å². The van der Waals surface area contributed by atoms with Crippen molar-refractivity contribution in [3.63, 3.8) is 0 Å². The molecular weight excluding hydrogens is 416 g/mol. The first-order valence-electron chi connectivity index (χ1n) is 11.0. The standard InChI is InChI=1S/C23H33NO4P2/c25-29(26,22-14-3-1-4-15-22)18-8-12-20-10-7-11-21(24-20)13-9-19-30(27,28)23-16-5-2-6-17-23/h1,3-4,7,10-11,14-15,23H,2,5-6,8-9,12-13,16-19H2,(H,25,26)(H,27,28). The Kier molecular flexibility index (Phi) is 8.48. The van der Waals surface area contributed by atoms with Crippen LogP contribution in [0.25, 0.3) is 0 Å². The molecule has 1 aromatic carbocycles. The zero-order valence-corrected chi connectivity index (χ0v) is 19.3. The number of aryl methyl sites for hydroxylation is 2. The van der Waals surface area contributed by atoms with Crippen LogP contribution in [0.2, 0.25) is 0 Å². The second kappa shape index (κ2) is 10.9. The fourth-order valence-corrected chi connectivity index (χ4v) is 7.86. The molecule has 164 valence electrons. The first-order valence-corrected chi connectivity index (χ1v) is 14.8. The van der Waals surface area contributed by atoms with Gasteiger partial charge in [-0.05, 0) is 62.8 Å². The molecule has 2 N–H and O–H groups in total. The van der Waals surface area contributed by atoms with Crippen LogP contribution in [-0.2, 0) is 22.0 Å². The number of pyridine rings is 1. The number of hydrogen-bond donors (Lipinski definition) is 2. The third-order valence-electron chi connectivity index (χ3n) is 5.97. The minimum absolute atomic E-state index is 0.00988. The summed E-state index contributed by atoms with van der Waals surface area (Å²) in [5.74, 6) is 0. The molecule has 0 radical (unpaired) electrons. The molecule has 1 fully saturated rings. The minimum atomic E-state index is -3.33. The van der Waals surface area contributed by atoms with Crippen molar-refractivity contribution >= 4 is 20.0 Å². The van der Waals surface area contributed by atoms with Crippen molar-refractivity contribution in [2.24, 2.45) is 0 Å². The van der Waals surface area contributed by atoms with Gasteiger partial charge in [-0.1, -0.05) is 43.5 Å². The van der Waals surface area contributed by atoms with E-state index in [1.807, 2.05) is 24.3 Å². The molecule has 1 saturated carbocycles. The summed E-state index contributed by atoms with van der Waals surface area (Å²) in [5.41, 5.74) is 1.82. The van der Waals surface area contributed by atoms with Crippen LogP contribution in [0.4, 0.5) is 0 Å². The molecule has 2 aromatic rings. The molecule has 0 bridgehead atoms. The molecule has 30 heavy (non-hydrogen) atoms. The van der Waals surface area contributed by atoms with Crippen LogP contribution >= 0.6 is 14.7 Å². The summed E-state index contributed by atoms with van der Waals surface area (Å²) < 4.78 is 25.2. The van der Waals surface area contributed by atoms with Crippen molar-refractivity contribution in [1.82, 2.24) is 4.98 Å². The lowest BCUT2D eigenvalue weighted by atomic mass is 10.0. The first kappa shape index (κ1) is 23.4. The monoisotopic (exact) mass is 449 g/mol. The summed E-state index contributed by atoms with van der Waals surface area (Å²) in [4.78, 5) is 25.4. The van der Waals surface area contributed by atoms with Crippen LogP contribution in [0.15, 0.2) is 48.5 Å². The Labute approximate surface area is 179 Å². The van der Waals surface area contributed by atoms with E-state index in [2.05, 4.69) is 4.98 Å². The lowest BCUT2D eigenvalue weighted by molar-refractivity contribution is 0.420. The van der Waals surface area contributed by atoms with Gasteiger partial charge in [-0.3, -0.25) is 14.1 Å². The Balaban J connectivity index is 1.46. The highest BCUT2D eigenvalue weighted by atomic mass is 31.2. The number of nitrogens with zero attached hydrogens (tertiary/aromatic N) is 1. The van der Waals surface area contributed by atoms with Gasteiger partial charge in [0.05, 0.1) is 0 Å². The summed E-state index contributed by atoms with van der Waals surface area (Å²) >= 11 is 0. The zero-order valence-electron chi connectivity index (χ0n) is 17.5. The molecule has 0 amide bonds. The highest BCUT2D eigenvalue weighted by Gasteiger charge is 2.31. The van der Waals surface area contributed by atoms with E-state index in [4.69, 9.17) is 0 Å². The second-order valence-corrected chi connectivity index (χ2v) is 13.4. The molecule has 5 nitrogen and oxygen atoms in total. The molecule has 7 heteroatoms. The van der Waals surface area contributed by atoms with Gasteiger partial charge in [0.25, 0.3) is 0 Å². The van der Waals surface area contributed by atoms with Gasteiger partial charge in [-0.2, -0.15) is 0 Å². The SMILES string of the molecule is O=P(O)(CCCc1cccc(CCCP(=O)(O)C2CCCCC2)n1)c1ccccc1. The van der Waals surface area contributed by atoms with Gasteiger partial charge >= 0.3 is 0 Å². The highest BCUT2D eigenvalue weighted by Crippen LogP contribution is 2.52. The van der Waals surface area contributed by atoms with E-state index in [0.29, 0.717) is 37.1 Å². The van der Waals surface area contributed by atoms with Crippen LogP contribution in [0, 0.1) is 0 Å². The van der Waals surface area contributed by atoms with E-state index in [0.717, 1.165) is 37.1 Å². The summed E-state index contributed by atoms with van der Waals surface area (Å²) in [6.45, 7) is 0. The number of benzene rings is 1. The smallest absolute Gasteiger partial charge is 0.229 e. The van der Waals surface area contributed by atoms with E-state index in [-0.39, 0.29) is 11.8 Å². The van der Waals surface area contributed by atoms with Gasteiger partial charge in [-0.25, -0.2) is 0 Å². The van der Waals surface area contributed by atoms with Gasteiger partial charge < -0.3 is 9.79 Å². The summed E-state index contributed by atoms with van der Waals surface area (Å²) in [6.07, 6.45) is 8.30. The number of hydrogen-bond acceptors (Lipinski definition) is 3. The topological polar surface area (TPSA) is 87.5 Å². The van der Waals surface area contributed by atoms with Crippen LogP contribution in [-0.4, -0.2) is 32.8 Å². The van der Waals surface area contributed by atoms with Gasteiger partial charge in [0.1, 0.15) is 0 Å². The molecule has 0 saturated heterocycles. The largest absolute Gasteiger partial charge is 0.344 e. The van der Waals surface area contributed by atoms with Gasteiger partial charge in [-0.15, -0.1) is 0 Å². The Hall–Kier alpha value is -1.25. The molecule has 1 aliphatic carbocycles. The fraction of sp³-hybridized carbons (Fsp3) is 0.522. The molecule has 1 aromatic heterocycles. The maximum atomic E-state index is 12.7. The predicted octanol–water partition coefficient (Wildman–Crippen LogP) is 5.15. The summed E-state index contributed by atoms with van der Waals surface area (Å²) in [7, 11) is -6.40. The average molecular weight is 449 g/mol. The van der Waals surface area contributed by atoms with E-state index < -0.39 is 14.7 Å². The predicted molar refractivity (Wildman–Crippen MR) is 123 cm³/mol. The maximum absolute atomic E-state index is 12.7. The van der Waals surface area contributed by atoms with Crippen molar-refractivity contribution in [3.05, 3.63) is 59.9 Å². The van der Waals surface area contributed by atoms with E-state index in [9.17, 15) is 18.9 Å². The molecular formula is C23H33NO4P2. The molecule has 1 aliphatic rings. The quantitative estimate of drug-likeness (QED) is 0.490. The molecule has 2 unspecified atom stereocenters. The summed E-state index contributed by atoms with van der Waals surface area (Å²) in [5, 5.41) is 0.498. The lowest BCUT2D eigenvalue weighted by Gasteiger charge is -2.26. The van der Waals surface area contributed by atoms with E-state index in [1.165, 1.54) is 6.42 Å². The van der Waals surface area contributed by atoms with Crippen molar-refractivity contribution in [2.75, 3.05) is 12.3 Å². The Morgan fingerprint density at radius 3 is 2.03 bits per heavy atom. The average Bonchev–Trinajstić information content (AvgIpc) is 2.75. The third-order valence-corrected chi connectivity index (χ3v) is 10.6. The van der Waals surface area contributed by atoms with E-state index in [1.54, 1.807) is 24.3 Å². The summed E-state index contributed by atoms with van der Waals surface area (Å²) in [6, 6.07) is 14.6. The highest BCUT2D eigenvalue weighted by molar-refractivity contribution is 7.66. The molecule has 1 heterocycles. The van der Waals surface area contributed by atoms with Crippen LogP contribution < -0.4 is 5.30 Å². The van der Waals surface area contributed by atoms with Crippen molar-refractivity contribution < 1.29 is 18.9 Å². The molecule has 0 spiro atoms. The molecule has 3 rings (SSSR count). The van der Waals surface area contributed by atoms with Gasteiger partial charge in [0.15, 0.2) is 0 Å². The Morgan fingerprint density at radius 2 is 1.40 bits per heavy atom. The van der Waals surface area contributed by atoms with Crippen LogP contribution in [0.1, 0.15) is 56.3 Å². The van der Waals surface area contributed by atoms with Crippen LogP contribution in [0.3, 0.4) is 0 Å². The van der Waals surface area contributed by atoms with Crippen molar-refractivity contribution in [1.29, 1.82) is 0 Å². The van der Waals surface area contributed by atoms with Gasteiger partial charge in [0, 0.05) is 34.7 Å². The first-order chi connectivity index (χ1) is 14.4. The number of rotatable bonds is 10. The van der Waals surface area contributed by atoms with E-state index >= 15 is 0 Å². The van der Waals surface area contributed by atoms with Crippen LogP contribution in [0.5, 0.6) is 0 Å². The fourth-order valence-electron chi connectivity index (χ4n) is 4.23. The maximum Gasteiger partial charge on any atom is 0.229 e. The zero-order chi connectivity index (χ0) is 21.5. The molecule has 2 atom stereocenters. The van der Waals surface area contributed by atoms with Crippen molar-refractivity contribution in [3.8, 4) is 0 Å². The Bertz CT molecular complexity index is 897. The molecule has 0 aliphatic heterocycles. The second-order valence-electron chi connectivity index (χ2n) is 8.36. The minimum Gasteiger partial charge on any atom is -0.344 e.